The minimum atomic E-state index is -0.0354. The third-order valence-corrected chi connectivity index (χ3v) is 6.52. The number of hydrogen-bond donors (Lipinski definition) is 0. The lowest BCUT2D eigenvalue weighted by Gasteiger charge is -2.30. The zero-order valence-electron chi connectivity index (χ0n) is 16.6. The number of amidine groups is 1. The Hall–Kier alpha value is -3.41. The van der Waals surface area contributed by atoms with Crippen LogP contribution in [0.2, 0.25) is 0 Å². The number of nitrogens with zero attached hydrogens (tertiary/aromatic N) is 4. The number of allylic oxidation sites excluding steroid dienone is 1. The summed E-state index contributed by atoms with van der Waals surface area (Å²) in [5, 5.41) is 1.06. The Morgan fingerprint density at radius 3 is 2.58 bits per heavy atom. The van der Waals surface area contributed by atoms with Crippen LogP contribution in [0.5, 0.6) is 0 Å². The molecule has 2 aliphatic heterocycles. The molecule has 1 fully saturated rings. The highest BCUT2D eigenvalue weighted by Crippen LogP contribution is 2.44. The molecule has 0 radical (unpaired) electrons. The Bertz CT molecular complexity index is 1360. The third kappa shape index (κ3) is 2.89. The maximum absolute atomic E-state index is 11.6. The zero-order chi connectivity index (χ0) is 21.0. The molecule has 0 spiro atoms. The van der Waals surface area contributed by atoms with E-state index < -0.39 is 0 Å². The van der Waals surface area contributed by atoms with E-state index in [1.807, 2.05) is 36.5 Å². The number of aromatic nitrogens is 1. The van der Waals surface area contributed by atoms with Crippen LogP contribution >= 0.6 is 11.8 Å². The molecule has 3 aliphatic rings. The zero-order valence-corrected chi connectivity index (χ0v) is 17.3. The van der Waals surface area contributed by atoms with Crippen molar-refractivity contribution in [1.29, 1.82) is 0 Å². The Balaban J connectivity index is 1.47. The first-order valence-electron chi connectivity index (χ1n) is 10.2. The van der Waals surface area contributed by atoms with Crippen LogP contribution in [0.15, 0.2) is 88.7 Å². The molecule has 3 heterocycles. The summed E-state index contributed by atoms with van der Waals surface area (Å²) < 4.78 is -0.0354. The number of hydrogen-bond acceptors (Lipinski definition) is 4. The SMILES string of the molecule is O=C1CC(C2=NC(c3ccc4ccc(-c5ccccc5)nc4c3)=C3C=NC=C[N+]23Cl)C1. The topological polar surface area (TPSA) is 54.7 Å². The number of carbonyl (C=O) groups is 1. The molecular formula is C25H18ClN4O+. The summed E-state index contributed by atoms with van der Waals surface area (Å²) in [6.07, 6.45) is 6.26. The van der Waals surface area contributed by atoms with Gasteiger partial charge in [0.2, 0.25) is 11.5 Å². The van der Waals surface area contributed by atoms with Crippen molar-refractivity contribution in [2.24, 2.45) is 15.9 Å². The molecule has 1 aliphatic carbocycles. The molecule has 0 amide bonds. The molecule has 0 saturated heterocycles. The van der Waals surface area contributed by atoms with Gasteiger partial charge >= 0.3 is 0 Å². The molecule has 0 N–H and O–H groups in total. The van der Waals surface area contributed by atoms with Crippen molar-refractivity contribution in [3.63, 3.8) is 0 Å². The van der Waals surface area contributed by atoms with Gasteiger partial charge < -0.3 is 0 Å². The molecule has 0 bridgehead atoms. The molecule has 1 aromatic heterocycles. The normalized spacial score (nSPS) is 22.6. The van der Waals surface area contributed by atoms with Crippen molar-refractivity contribution in [2.45, 2.75) is 12.8 Å². The van der Waals surface area contributed by atoms with E-state index in [4.69, 9.17) is 21.8 Å². The Morgan fingerprint density at radius 1 is 0.968 bits per heavy atom. The number of ketones is 1. The van der Waals surface area contributed by atoms with Gasteiger partial charge in [0.15, 0.2) is 11.8 Å². The van der Waals surface area contributed by atoms with Gasteiger partial charge in [0, 0.05) is 29.4 Å². The molecular weight excluding hydrogens is 408 g/mol. The van der Waals surface area contributed by atoms with Crippen LogP contribution in [-0.2, 0) is 4.79 Å². The molecule has 3 aromatic rings. The minimum Gasteiger partial charge on any atom is -0.300 e. The maximum atomic E-state index is 11.6. The van der Waals surface area contributed by atoms with Crippen molar-refractivity contribution in [2.75, 3.05) is 0 Å². The van der Waals surface area contributed by atoms with Gasteiger partial charge in [-0.3, -0.25) is 9.79 Å². The lowest BCUT2D eigenvalue weighted by molar-refractivity contribution is -0.604. The smallest absolute Gasteiger partial charge is 0.235 e. The quantitative estimate of drug-likeness (QED) is 0.521. The predicted octanol–water partition coefficient (Wildman–Crippen LogP) is 5.49. The maximum Gasteiger partial charge on any atom is 0.235 e. The van der Waals surface area contributed by atoms with E-state index in [2.05, 4.69) is 35.3 Å². The number of halogens is 1. The monoisotopic (exact) mass is 425 g/mol. The summed E-state index contributed by atoms with van der Waals surface area (Å²) >= 11 is 7.01. The van der Waals surface area contributed by atoms with Crippen molar-refractivity contribution >= 4 is 46.2 Å². The molecule has 1 saturated carbocycles. The predicted molar refractivity (Wildman–Crippen MR) is 123 cm³/mol. The number of pyridine rings is 1. The summed E-state index contributed by atoms with van der Waals surface area (Å²) in [7, 11) is 0. The summed E-state index contributed by atoms with van der Waals surface area (Å²) in [4.78, 5) is 25.7. The van der Waals surface area contributed by atoms with Crippen LogP contribution in [-0.4, -0.2) is 26.8 Å². The van der Waals surface area contributed by atoms with E-state index in [1.54, 1.807) is 12.4 Å². The highest BCUT2D eigenvalue weighted by molar-refractivity contribution is 6.21. The van der Waals surface area contributed by atoms with Crippen LogP contribution in [0.3, 0.4) is 0 Å². The van der Waals surface area contributed by atoms with Gasteiger partial charge in [-0.2, -0.15) is 4.99 Å². The molecule has 1 atom stereocenters. The van der Waals surface area contributed by atoms with Crippen molar-refractivity contribution in [3.05, 3.63) is 84.3 Å². The van der Waals surface area contributed by atoms with E-state index in [1.165, 1.54) is 0 Å². The van der Waals surface area contributed by atoms with Gasteiger partial charge in [0.05, 0.1) is 29.5 Å². The fraction of sp³-hybridized carbons (Fsp3) is 0.120. The fourth-order valence-corrected chi connectivity index (χ4v) is 4.69. The highest BCUT2D eigenvalue weighted by Gasteiger charge is 2.51. The lowest BCUT2D eigenvalue weighted by atomic mass is 9.82. The van der Waals surface area contributed by atoms with Gasteiger partial charge in [-0.25, -0.2) is 4.98 Å². The summed E-state index contributed by atoms with van der Waals surface area (Å²) in [6.45, 7) is 0. The number of carbonyl (C=O) groups excluding carboxylic acids is 1. The van der Waals surface area contributed by atoms with Gasteiger partial charge in [0.1, 0.15) is 17.7 Å². The highest BCUT2D eigenvalue weighted by atomic mass is 35.5. The van der Waals surface area contributed by atoms with Crippen LogP contribution in [0.25, 0.3) is 27.9 Å². The largest absolute Gasteiger partial charge is 0.300 e. The Kier molecular flexibility index (Phi) is 4.03. The Labute approximate surface area is 184 Å². The number of quaternary nitrogens is 1. The van der Waals surface area contributed by atoms with E-state index in [-0.39, 0.29) is 15.7 Å². The van der Waals surface area contributed by atoms with E-state index >= 15 is 0 Å². The number of Topliss-reactive ketones (excluding diaryl/α,β-unsaturated/α-hetero) is 1. The average Bonchev–Trinajstić information content (AvgIpc) is 3.09. The first kappa shape index (κ1) is 18.4. The second kappa shape index (κ2) is 6.80. The molecule has 6 rings (SSSR count). The number of fused-ring (bicyclic) bond motifs is 2. The molecule has 5 nitrogen and oxygen atoms in total. The number of aliphatic imine (C=N–C) groups is 2. The first-order valence-corrected chi connectivity index (χ1v) is 10.6. The molecule has 6 heteroatoms. The number of rotatable bonds is 3. The van der Waals surface area contributed by atoms with Crippen LogP contribution < -0.4 is 0 Å². The molecule has 31 heavy (non-hydrogen) atoms. The van der Waals surface area contributed by atoms with E-state index in [9.17, 15) is 4.79 Å². The van der Waals surface area contributed by atoms with E-state index in [0.29, 0.717) is 12.8 Å². The molecule has 150 valence electrons. The molecule has 2 aromatic carbocycles. The van der Waals surface area contributed by atoms with Crippen molar-refractivity contribution < 1.29 is 8.80 Å². The van der Waals surface area contributed by atoms with E-state index in [0.717, 1.165) is 45.0 Å². The van der Waals surface area contributed by atoms with Crippen molar-refractivity contribution in [3.8, 4) is 11.3 Å². The van der Waals surface area contributed by atoms with Crippen LogP contribution in [0, 0.1) is 5.92 Å². The second-order valence-corrected chi connectivity index (χ2v) is 8.56. The number of benzene rings is 2. The van der Waals surface area contributed by atoms with Gasteiger partial charge in [0.25, 0.3) is 0 Å². The first-order chi connectivity index (χ1) is 15.1. The summed E-state index contributed by atoms with van der Waals surface area (Å²) in [5.74, 6) is 1.11. The third-order valence-electron chi connectivity index (χ3n) is 6.06. The van der Waals surface area contributed by atoms with Crippen molar-refractivity contribution in [1.82, 2.24) is 4.98 Å². The lowest BCUT2D eigenvalue weighted by Crippen LogP contribution is -2.45. The second-order valence-electron chi connectivity index (χ2n) is 8.03. The standard InChI is InChI=1S/C25H18ClN4O/c26-30-11-10-27-15-23(30)24(29-25(30)19-12-20(31)13-19)18-7-6-17-8-9-21(28-22(17)14-18)16-4-2-1-3-5-16/h1-11,14-15,19H,12-13H2/q+1. The average molecular weight is 426 g/mol. The van der Waals surface area contributed by atoms with Gasteiger partial charge in [-0.15, -0.1) is 4.00 Å². The van der Waals surface area contributed by atoms with Crippen LogP contribution in [0.1, 0.15) is 18.4 Å². The molecule has 1 unspecified atom stereocenters. The van der Waals surface area contributed by atoms with Gasteiger partial charge in [-0.05, 0) is 12.1 Å². The summed E-state index contributed by atoms with van der Waals surface area (Å²) in [5.41, 5.74) is 5.42. The fourth-order valence-electron chi connectivity index (χ4n) is 4.34. The minimum absolute atomic E-state index is 0.0354. The summed E-state index contributed by atoms with van der Waals surface area (Å²) in [6, 6.07) is 20.4. The van der Waals surface area contributed by atoms with Crippen LogP contribution in [0.4, 0.5) is 0 Å². The van der Waals surface area contributed by atoms with Gasteiger partial charge in [-0.1, -0.05) is 48.5 Å². The Morgan fingerprint density at radius 2 is 1.77 bits per heavy atom.